The Morgan fingerprint density at radius 1 is 1.17 bits per heavy atom. The summed E-state index contributed by atoms with van der Waals surface area (Å²) >= 11 is 0. The number of carbonyl (C=O) groups is 1. The number of ether oxygens (including phenoxy) is 1. The number of rotatable bonds is 6. The Labute approximate surface area is 175 Å². The molecule has 1 fully saturated rings. The van der Waals surface area contributed by atoms with Crippen molar-refractivity contribution in [1.29, 1.82) is 0 Å². The Bertz CT molecular complexity index is 1110. The topological polar surface area (TPSA) is 76.5 Å². The molecule has 2 aromatic carbocycles. The molecule has 1 aliphatic heterocycles. The van der Waals surface area contributed by atoms with Gasteiger partial charge in [-0.15, -0.1) is 0 Å². The van der Waals surface area contributed by atoms with Crippen LogP contribution in [0.2, 0.25) is 0 Å². The summed E-state index contributed by atoms with van der Waals surface area (Å²) in [6, 6.07) is 15.5. The normalized spacial score (nSPS) is 16.7. The third-order valence-electron chi connectivity index (χ3n) is 5.57. The van der Waals surface area contributed by atoms with Gasteiger partial charge in [0.2, 0.25) is 0 Å². The Kier molecular flexibility index (Phi) is 5.81. The second kappa shape index (κ2) is 8.67. The zero-order valence-corrected chi connectivity index (χ0v) is 17.3. The second-order valence-electron chi connectivity index (χ2n) is 7.39. The number of likely N-dealkylation sites (tertiary alicyclic amines) is 1. The first-order valence-corrected chi connectivity index (χ1v) is 10.3. The zero-order valence-electron chi connectivity index (χ0n) is 17.3. The minimum absolute atomic E-state index is 0.185. The van der Waals surface area contributed by atoms with Crippen LogP contribution in [0.3, 0.4) is 0 Å². The maximum absolute atomic E-state index is 13.1. The molecule has 1 amide bonds. The van der Waals surface area contributed by atoms with Gasteiger partial charge in [-0.25, -0.2) is 4.68 Å². The second-order valence-corrected chi connectivity index (χ2v) is 7.39. The van der Waals surface area contributed by atoms with Crippen molar-refractivity contribution in [1.82, 2.24) is 20.0 Å². The maximum atomic E-state index is 13.1. The van der Waals surface area contributed by atoms with Crippen LogP contribution < -0.4 is 15.6 Å². The van der Waals surface area contributed by atoms with Crippen molar-refractivity contribution >= 4 is 16.7 Å². The summed E-state index contributed by atoms with van der Waals surface area (Å²) in [6.45, 7) is 3.81. The lowest BCUT2D eigenvalue weighted by Crippen LogP contribution is -2.35. The quantitative estimate of drug-likeness (QED) is 0.681. The highest BCUT2D eigenvalue weighted by atomic mass is 16.5. The molecule has 1 saturated heterocycles. The number of fused-ring (bicyclic) bond motifs is 1. The van der Waals surface area contributed by atoms with Crippen molar-refractivity contribution in [2.24, 2.45) is 0 Å². The van der Waals surface area contributed by atoms with Crippen LogP contribution in [0.25, 0.3) is 10.8 Å². The lowest BCUT2D eigenvalue weighted by Gasteiger charge is -2.25. The van der Waals surface area contributed by atoms with E-state index in [4.69, 9.17) is 4.74 Å². The molecular formula is C23H26N4O3. The fourth-order valence-electron chi connectivity index (χ4n) is 4.11. The van der Waals surface area contributed by atoms with Gasteiger partial charge in [0.25, 0.3) is 11.5 Å². The Hall–Kier alpha value is -3.19. The third-order valence-corrected chi connectivity index (χ3v) is 5.57. The summed E-state index contributed by atoms with van der Waals surface area (Å²) in [6.07, 6.45) is 2.06. The van der Waals surface area contributed by atoms with Gasteiger partial charge in [-0.3, -0.25) is 14.5 Å². The van der Waals surface area contributed by atoms with E-state index in [1.54, 1.807) is 25.2 Å². The number of hydrogen-bond donors (Lipinski definition) is 1. The van der Waals surface area contributed by atoms with Crippen LogP contribution in [-0.4, -0.2) is 40.8 Å². The van der Waals surface area contributed by atoms with E-state index in [2.05, 4.69) is 27.4 Å². The van der Waals surface area contributed by atoms with E-state index >= 15 is 0 Å². The summed E-state index contributed by atoms with van der Waals surface area (Å²) in [5.41, 5.74) is 1.27. The predicted molar refractivity (Wildman–Crippen MR) is 116 cm³/mol. The Morgan fingerprint density at radius 2 is 1.90 bits per heavy atom. The number of nitrogens with one attached hydrogen (secondary N) is 1. The SMILES string of the molecule is CCOc1ccc([C@H]2CCCN2Cn2nc(C(=O)NC)c3ccccc3c2=O)cc1. The van der Waals surface area contributed by atoms with Crippen LogP contribution >= 0.6 is 0 Å². The largest absolute Gasteiger partial charge is 0.494 e. The van der Waals surface area contributed by atoms with Crippen molar-refractivity contribution in [3.05, 3.63) is 70.1 Å². The number of carbonyl (C=O) groups excluding carboxylic acids is 1. The average Bonchev–Trinajstić information content (AvgIpc) is 3.24. The first kappa shape index (κ1) is 20.1. The van der Waals surface area contributed by atoms with E-state index in [0.717, 1.165) is 25.1 Å². The van der Waals surface area contributed by atoms with Crippen LogP contribution in [0, 0.1) is 0 Å². The fourth-order valence-corrected chi connectivity index (χ4v) is 4.11. The smallest absolute Gasteiger partial charge is 0.275 e. The molecule has 1 atom stereocenters. The standard InChI is InChI=1S/C23H26N4O3/c1-3-30-17-12-10-16(11-13-17)20-9-6-14-26(20)15-27-23(29)19-8-5-4-7-18(19)21(25-27)22(28)24-2/h4-5,7-8,10-13,20H,3,6,9,14-15H2,1-2H3,(H,24,28)/t20-/m1/s1. The van der Waals surface area contributed by atoms with Crippen LogP contribution in [0.15, 0.2) is 53.3 Å². The monoisotopic (exact) mass is 406 g/mol. The minimum atomic E-state index is -0.301. The summed E-state index contributed by atoms with van der Waals surface area (Å²) in [5, 5.41) is 8.13. The summed E-state index contributed by atoms with van der Waals surface area (Å²) in [5.74, 6) is 0.554. The van der Waals surface area contributed by atoms with Crippen molar-refractivity contribution in [2.45, 2.75) is 32.5 Å². The lowest BCUT2D eigenvalue weighted by molar-refractivity contribution is 0.0955. The minimum Gasteiger partial charge on any atom is -0.494 e. The van der Waals surface area contributed by atoms with Crippen molar-refractivity contribution in [3.63, 3.8) is 0 Å². The molecule has 0 unspecified atom stereocenters. The fraction of sp³-hybridized carbons (Fsp3) is 0.348. The molecular weight excluding hydrogens is 380 g/mol. The van der Waals surface area contributed by atoms with E-state index in [9.17, 15) is 9.59 Å². The molecule has 7 heteroatoms. The molecule has 1 aliphatic rings. The van der Waals surface area contributed by atoms with E-state index < -0.39 is 0 Å². The average molecular weight is 406 g/mol. The highest BCUT2D eigenvalue weighted by molar-refractivity contribution is 6.04. The van der Waals surface area contributed by atoms with Gasteiger partial charge in [0.15, 0.2) is 5.69 Å². The lowest BCUT2D eigenvalue weighted by atomic mass is 10.0. The number of nitrogens with zero attached hydrogens (tertiary/aromatic N) is 3. The molecule has 1 aromatic heterocycles. The molecule has 156 valence electrons. The van der Waals surface area contributed by atoms with Gasteiger partial charge < -0.3 is 10.1 Å². The van der Waals surface area contributed by atoms with Gasteiger partial charge in [-0.1, -0.05) is 30.3 Å². The molecule has 1 N–H and O–H groups in total. The van der Waals surface area contributed by atoms with Crippen LogP contribution in [0.1, 0.15) is 41.9 Å². The Morgan fingerprint density at radius 3 is 2.60 bits per heavy atom. The van der Waals surface area contributed by atoms with Crippen LogP contribution in [0.4, 0.5) is 0 Å². The van der Waals surface area contributed by atoms with Crippen molar-refractivity contribution in [2.75, 3.05) is 20.2 Å². The molecule has 2 heterocycles. The molecule has 30 heavy (non-hydrogen) atoms. The van der Waals surface area contributed by atoms with Gasteiger partial charge in [0.1, 0.15) is 5.75 Å². The summed E-state index contributed by atoms with van der Waals surface area (Å²) in [7, 11) is 1.57. The van der Waals surface area contributed by atoms with E-state index in [1.807, 2.05) is 25.1 Å². The molecule has 0 spiro atoms. The maximum Gasteiger partial charge on any atom is 0.275 e. The third kappa shape index (κ3) is 3.80. The van der Waals surface area contributed by atoms with Gasteiger partial charge in [-0.05, 0) is 43.5 Å². The van der Waals surface area contributed by atoms with Gasteiger partial charge in [0.05, 0.1) is 18.7 Å². The van der Waals surface area contributed by atoms with E-state index in [0.29, 0.717) is 24.0 Å². The predicted octanol–water partition coefficient (Wildman–Crippen LogP) is 2.95. The highest BCUT2D eigenvalue weighted by Gasteiger charge is 2.27. The molecule has 0 radical (unpaired) electrons. The van der Waals surface area contributed by atoms with Gasteiger partial charge >= 0.3 is 0 Å². The van der Waals surface area contributed by atoms with Crippen LogP contribution in [0.5, 0.6) is 5.75 Å². The van der Waals surface area contributed by atoms with Gasteiger partial charge in [-0.2, -0.15) is 5.10 Å². The van der Waals surface area contributed by atoms with E-state index in [1.165, 1.54) is 10.2 Å². The molecule has 0 bridgehead atoms. The zero-order chi connectivity index (χ0) is 21.1. The van der Waals surface area contributed by atoms with E-state index in [-0.39, 0.29) is 23.2 Å². The number of hydrogen-bond acceptors (Lipinski definition) is 5. The molecule has 3 aromatic rings. The Balaban J connectivity index is 1.67. The molecule has 0 aliphatic carbocycles. The van der Waals surface area contributed by atoms with Crippen molar-refractivity contribution < 1.29 is 9.53 Å². The first-order valence-electron chi connectivity index (χ1n) is 10.3. The van der Waals surface area contributed by atoms with Crippen molar-refractivity contribution in [3.8, 4) is 5.75 Å². The first-order chi connectivity index (χ1) is 14.6. The number of benzene rings is 2. The summed E-state index contributed by atoms with van der Waals surface area (Å²) < 4.78 is 6.96. The molecule has 4 rings (SSSR count). The number of amides is 1. The van der Waals surface area contributed by atoms with Crippen LogP contribution in [-0.2, 0) is 6.67 Å². The number of aromatic nitrogens is 2. The molecule has 7 nitrogen and oxygen atoms in total. The summed E-state index contributed by atoms with van der Waals surface area (Å²) in [4.78, 5) is 27.7. The van der Waals surface area contributed by atoms with Gasteiger partial charge in [0, 0.05) is 25.0 Å². The highest BCUT2D eigenvalue weighted by Crippen LogP contribution is 2.33. The molecule has 0 saturated carbocycles.